The molecule has 1 unspecified atom stereocenters. The zero-order valence-electron chi connectivity index (χ0n) is 15.4. The maximum Gasteiger partial charge on any atom is 0.326 e. The number of aromatic amines is 1. The van der Waals surface area contributed by atoms with Gasteiger partial charge in [-0.15, -0.1) is 0 Å². The molecule has 0 saturated heterocycles. The molecule has 0 aliphatic rings. The monoisotopic (exact) mass is 377 g/mol. The van der Waals surface area contributed by atoms with E-state index in [0.717, 1.165) is 0 Å². The topological polar surface area (TPSA) is 135 Å². The van der Waals surface area contributed by atoms with Crippen LogP contribution >= 0.6 is 0 Å². The summed E-state index contributed by atoms with van der Waals surface area (Å²) in [6.07, 6.45) is 1.63. The molecule has 1 amide bonds. The van der Waals surface area contributed by atoms with Gasteiger partial charge < -0.3 is 20.1 Å². The van der Waals surface area contributed by atoms with Crippen molar-refractivity contribution in [2.75, 3.05) is 6.61 Å². The summed E-state index contributed by atoms with van der Waals surface area (Å²) in [4.78, 5) is 37.0. The normalized spacial score (nSPS) is 12.7. The number of rotatable bonds is 8. The average molecular weight is 377 g/mol. The molecule has 0 bridgehead atoms. The molecule has 2 aromatic rings. The van der Waals surface area contributed by atoms with Crippen LogP contribution in [0.3, 0.4) is 0 Å². The van der Waals surface area contributed by atoms with Crippen LogP contribution in [0.25, 0.3) is 10.9 Å². The fourth-order valence-corrected chi connectivity index (χ4v) is 2.58. The largest absolute Gasteiger partial charge is 0.480 e. The molecule has 1 aromatic heterocycles. The second-order valence-electron chi connectivity index (χ2n) is 7.19. The van der Waals surface area contributed by atoms with Gasteiger partial charge in [-0.2, -0.15) is 0 Å². The third-order valence-electron chi connectivity index (χ3n) is 3.89. The minimum atomic E-state index is -1.14. The van der Waals surface area contributed by atoms with E-state index in [1.54, 1.807) is 12.3 Å². The zero-order chi connectivity index (χ0) is 20.2. The van der Waals surface area contributed by atoms with E-state index >= 15 is 0 Å². The third kappa shape index (κ3) is 5.78. The number of hydrogen-bond acceptors (Lipinski definition) is 5. The van der Waals surface area contributed by atoms with Crippen molar-refractivity contribution in [2.24, 2.45) is 0 Å². The Labute approximate surface area is 155 Å². The van der Waals surface area contributed by atoms with Crippen molar-refractivity contribution < 1.29 is 24.4 Å². The summed E-state index contributed by atoms with van der Waals surface area (Å²) in [6, 6.07) is 3.26. The second-order valence-corrected chi connectivity index (χ2v) is 7.19. The van der Waals surface area contributed by atoms with Crippen molar-refractivity contribution in [2.45, 2.75) is 45.3 Å². The molecule has 0 aliphatic heterocycles. The lowest BCUT2D eigenvalue weighted by atomic mass is 10.1. The Bertz CT molecular complexity index is 852. The standard InChI is InChI=1S/C18H23N3O6/c1-18(2,3)27-7-6-15(17(23)24)20-16(22)8-11-10-19-14-5-4-12(21(25)26)9-13(11)14/h4-5,9-10,15,19H,6-8H2,1-3H3,(H,20,22)(H,23,24). The summed E-state index contributed by atoms with van der Waals surface area (Å²) in [6.45, 7) is 5.77. The Balaban J connectivity index is 2.04. The summed E-state index contributed by atoms with van der Waals surface area (Å²) in [7, 11) is 0. The van der Waals surface area contributed by atoms with Crippen LogP contribution in [-0.4, -0.2) is 45.1 Å². The van der Waals surface area contributed by atoms with E-state index in [1.807, 2.05) is 20.8 Å². The Morgan fingerprint density at radius 2 is 2.07 bits per heavy atom. The Kier molecular flexibility index (Phi) is 6.17. The number of hydrogen-bond donors (Lipinski definition) is 3. The quantitative estimate of drug-likeness (QED) is 0.477. The van der Waals surface area contributed by atoms with Crippen molar-refractivity contribution in [3.63, 3.8) is 0 Å². The Hall–Kier alpha value is -2.94. The van der Waals surface area contributed by atoms with Gasteiger partial charge in [0, 0.05) is 42.3 Å². The highest BCUT2D eigenvalue weighted by Gasteiger charge is 2.22. The SMILES string of the molecule is CC(C)(C)OCCC(NC(=O)Cc1c[nH]c2ccc([N+](=O)[O-])cc12)C(=O)O. The summed E-state index contributed by atoms with van der Waals surface area (Å²) < 4.78 is 5.51. The van der Waals surface area contributed by atoms with E-state index in [2.05, 4.69) is 10.3 Å². The number of non-ortho nitro benzene ring substituents is 1. The molecule has 0 fully saturated rings. The van der Waals surface area contributed by atoms with Crippen LogP contribution in [0.4, 0.5) is 5.69 Å². The van der Waals surface area contributed by atoms with Crippen LogP contribution in [-0.2, 0) is 20.7 Å². The summed E-state index contributed by atoms with van der Waals surface area (Å²) in [5.41, 5.74) is 0.746. The number of aliphatic carboxylic acids is 1. The first kappa shape index (κ1) is 20.4. The first-order valence-electron chi connectivity index (χ1n) is 8.47. The first-order chi connectivity index (χ1) is 12.6. The molecule has 0 radical (unpaired) electrons. The van der Waals surface area contributed by atoms with Crippen molar-refractivity contribution >= 4 is 28.5 Å². The second kappa shape index (κ2) is 8.17. The van der Waals surface area contributed by atoms with Gasteiger partial charge in [-0.3, -0.25) is 14.9 Å². The average Bonchev–Trinajstić information content (AvgIpc) is 2.94. The number of carbonyl (C=O) groups excluding carboxylic acids is 1. The first-order valence-corrected chi connectivity index (χ1v) is 8.47. The van der Waals surface area contributed by atoms with E-state index in [9.17, 15) is 24.8 Å². The molecule has 9 heteroatoms. The predicted octanol–water partition coefficient (Wildman–Crippen LogP) is 2.39. The number of nitrogens with one attached hydrogen (secondary N) is 2. The zero-order valence-corrected chi connectivity index (χ0v) is 15.4. The van der Waals surface area contributed by atoms with E-state index in [-0.39, 0.29) is 25.1 Å². The highest BCUT2D eigenvalue weighted by atomic mass is 16.6. The van der Waals surface area contributed by atoms with Crippen LogP contribution in [0.1, 0.15) is 32.8 Å². The van der Waals surface area contributed by atoms with Gasteiger partial charge in [-0.25, -0.2) is 4.79 Å². The number of carboxylic acid groups (broad SMARTS) is 1. The number of H-pyrrole nitrogens is 1. The van der Waals surface area contributed by atoms with E-state index in [1.165, 1.54) is 12.1 Å². The van der Waals surface area contributed by atoms with Gasteiger partial charge in [0.15, 0.2) is 0 Å². The molecule has 1 atom stereocenters. The van der Waals surface area contributed by atoms with Crippen LogP contribution in [0.5, 0.6) is 0 Å². The van der Waals surface area contributed by atoms with Crippen LogP contribution in [0.15, 0.2) is 24.4 Å². The fraction of sp³-hybridized carbons (Fsp3) is 0.444. The smallest absolute Gasteiger partial charge is 0.326 e. The summed E-state index contributed by atoms with van der Waals surface area (Å²) in [5, 5.41) is 23.3. The number of nitro groups is 1. The minimum absolute atomic E-state index is 0.0773. The number of benzene rings is 1. The molecule has 2 rings (SSSR count). The predicted molar refractivity (Wildman–Crippen MR) is 98.5 cm³/mol. The van der Waals surface area contributed by atoms with Crippen molar-refractivity contribution in [3.05, 3.63) is 40.1 Å². The lowest BCUT2D eigenvalue weighted by molar-refractivity contribution is -0.384. The number of nitrogens with zero attached hydrogens (tertiary/aromatic N) is 1. The number of aromatic nitrogens is 1. The third-order valence-corrected chi connectivity index (χ3v) is 3.89. The number of amides is 1. The molecular weight excluding hydrogens is 354 g/mol. The molecule has 1 aromatic carbocycles. The summed E-state index contributed by atoms with van der Waals surface area (Å²) in [5.74, 6) is -1.62. The number of carbonyl (C=O) groups is 2. The van der Waals surface area contributed by atoms with Gasteiger partial charge in [0.2, 0.25) is 5.91 Å². The van der Waals surface area contributed by atoms with Gasteiger partial charge in [0.05, 0.1) is 16.9 Å². The van der Waals surface area contributed by atoms with Crippen molar-refractivity contribution in [3.8, 4) is 0 Å². The van der Waals surface area contributed by atoms with Gasteiger partial charge in [-0.1, -0.05) is 0 Å². The number of fused-ring (bicyclic) bond motifs is 1. The molecule has 27 heavy (non-hydrogen) atoms. The fourth-order valence-electron chi connectivity index (χ4n) is 2.58. The highest BCUT2D eigenvalue weighted by Crippen LogP contribution is 2.24. The van der Waals surface area contributed by atoms with Gasteiger partial charge >= 0.3 is 5.97 Å². The minimum Gasteiger partial charge on any atom is -0.480 e. The maximum absolute atomic E-state index is 12.3. The molecule has 146 valence electrons. The van der Waals surface area contributed by atoms with E-state index in [0.29, 0.717) is 16.5 Å². The lowest BCUT2D eigenvalue weighted by Gasteiger charge is -2.21. The highest BCUT2D eigenvalue weighted by molar-refractivity contribution is 5.91. The maximum atomic E-state index is 12.3. The van der Waals surface area contributed by atoms with Gasteiger partial charge in [-0.05, 0) is 32.4 Å². The van der Waals surface area contributed by atoms with E-state index in [4.69, 9.17) is 4.74 Å². The lowest BCUT2D eigenvalue weighted by Crippen LogP contribution is -2.42. The molecule has 3 N–H and O–H groups in total. The van der Waals surface area contributed by atoms with Gasteiger partial charge in [0.25, 0.3) is 5.69 Å². The van der Waals surface area contributed by atoms with Crippen molar-refractivity contribution in [1.29, 1.82) is 0 Å². The molecule has 0 saturated carbocycles. The summed E-state index contributed by atoms with van der Waals surface area (Å²) >= 11 is 0. The number of carboxylic acids is 1. The molecule has 0 spiro atoms. The number of nitro benzene ring substituents is 1. The van der Waals surface area contributed by atoms with E-state index < -0.39 is 28.4 Å². The number of ether oxygens (including phenoxy) is 1. The van der Waals surface area contributed by atoms with Gasteiger partial charge in [0.1, 0.15) is 6.04 Å². The molecule has 0 aliphatic carbocycles. The Morgan fingerprint density at radius 1 is 1.37 bits per heavy atom. The molecule has 1 heterocycles. The van der Waals surface area contributed by atoms with Crippen molar-refractivity contribution in [1.82, 2.24) is 10.3 Å². The molecule has 9 nitrogen and oxygen atoms in total. The van der Waals surface area contributed by atoms with Crippen LogP contribution in [0.2, 0.25) is 0 Å². The Morgan fingerprint density at radius 3 is 2.67 bits per heavy atom. The molecular formula is C18H23N3O6. The van der Waals surface area contributed by atoms with Crippen LogP contribution in [0, 0.1) is 10.1 Å². The van der Waals surface area contributed by atoms with Crippen LogP contribution < -0.4 is 5.32 Å².